The number of nitrogens with zero attached hydrogens (tertiary/aromatic N) is 1. The van der Waals surface area contributed by atoms with Gasteiger partial charge < -0.3 is 20.4 Å². The Hall–Kier alpha value is -0.810. The van der Waals surface area contributed by atoms with Crippen molar-refractivity contribution >= 4 is 5.84 Å². The molecule has 5 nitrogen and oxygen atoms in total. The van der Waals surface area contributed by atoms with E-state index < -0.39 is 5.79 Å². The summed E-state index contributed by atoms with van der Waals surface area (Å²) in [6, 6.07) is 0. The third-order valence-electron chi connectivity index (χ3n) is 3.55. The highest BCUT2D eigenvalue weighted by Crippen LogP contribution is 2.53. The van der Waals surface area contributed by atoms with E-state index in [1.54, 1.807) is 0 Å². The van der Waals surface area contributed by atoms with Gasteiger partial charge in [-0.25, -0.2) is 0 Å². The molecule has 0 aromatic rings. The lowest BCUT2D eigenvalue weighted by Gasteiger charge is -2.50. The van der Waals surface area contributed by atoms with Gasteiger partial charge in [-0.05, 0) is 18.3 Å². The van der Waals surface area contributed by atoms with Gasteiger partial charge >= 0.3 is 0 Å². The molecule has 5 heteroatoms. The second-order valence-electron chi connectivity index (χ2n) is 5.55. The molecule has 1 saturated heterocycles. The smallest absolute Gasteiger partial charge is 0.178 e. The zero-order chi connectivity index (χ0) is 11.8. The first-order valence-corrected chi connectivity index (χ1v) is 5.72. The second-order valence-corrected chi connectivity index (χ2v) is 5.55. The molecule has 1 saturated carbocycles. The van der Waals surface area contributed by atoms with Crippen molar-refractivity contribution in [3.8, 4) is 0 Å². The Balaban J connectivity index is 2.05. The molecular weight excluding hydrogens is 208 g/mol. The highest BCUT2D eigenvalue weighted by atomic mass is 16.7. The summed E-state index contributed by atoms with van der Waals surface area (Å²) >= 11 is 0. The Morgan fingerprint density at radius 2 is 1.94 bits per heavy atom. The molecule has 1 aliphatic heterocycles. The van der Waals surface area contributed by atoms with E-state index in [-0.39, 0.29) is 5.84 Å². The van der Waals surface area contributed by atoms with Gasteiger partial charge in [0.15, 0.2) is 5.79 Å². The van der Waals surface area contributed by atoms with Gasteiger partial charge in [0.05, 0.1) is 19.6 Å². The fourth-order valence-corrected chi connectivity index (χ4v) is 2.83. The fourth-order valence-electron chi connectivity index (χ4n) is 2.83. The maximum absolute atomic E-state index is 8.64. The summed E-state index contributed by atoms with van der Waals surface area (Å²) in [5, 5.41) is 11.6. The van der Waals surface area contributed by atoms with Gasteiger partial charge in [-0.2, -0.15) is 0 Å². The predicted octanol–water partition coefficient (Wildman–Crippen LogP) is 1.30. The Morgan fingerprint density at radius 1 is 1.38 bits per heavy atom. The summed E-state index contributed by atoms with van der Waals surface area (Å²) < 4.78 is 11.4. The van der Waals surface area contributed by atoms with Crippen LogP contribution in [0.3, 0.4) is 0 Å². The molecule has 16 heavy (non-hydrogen) atoms. The largest absolute Gasteiger partial charge is 0.409 e. The third kappa shape index (κ3) is 2.01. The van der Waals surface area contributed by atoms with E-state index in [0.717, 1.165) is 12.8 Å². The molecule has 0 spiro atoms. The summed E-state index contributed by atoms with van der Waals surface area (Å²) in [5.41, 5.74) is 5.92. The number of oxime groups is 1. The summed E-state index contributed by atoms with van der Waals surface area (Å²) in [6.07, 6.45) is 2.47. The Labute approximate surface area is 95.6 Å². The lowest BCUT2D eigenvalue weighted by Crippen LogP contribution is -2.51. The third-order valence-corrected chi connectivity index (χ3v) is 3.55. The van der Waals surface area contributed by atoms with E-state index in [1.807, 2.05) is 0 Å². The standard InChI is InChI=1S/C11H20N2O3/c1-10(2)5-8(6-10)11(7-9(12)13-14)15-3-4-16-11/h8,14H,3-7H2,1-2H3,(H2,12,13). The van der Waals surface area contributed by atoms with Crippen LogP contribution in [-0.4, -0.2) is 30.0 Å². The van der Waals surface area contributed by atoms with Crippen molar-refractivity contribution < 1.29 is 14.7 Å². The van der Waals surface area contributed by atoms with Crippen molar-refractivity contribution in [2.75, 3.05) is 13.2 Å². The van der Waals surface area contributed by atoms with Crippen molar-refractivity contribution in [1.82, 2.24) is 0 Å². The van der Waals surface area contributed by atoms with Crippen LogP contribution in [0, 0.1) is 11.3 Å². The van der Waals surface area contributed by atoms with Crippen LogP contribution in [0.15, 0.2) is 5.16 Å². The van der Waals surface area contributed by atoms with E-state index in [0.29, 0.717) is 31.0 Å². The number of rotatable bonds is 3. The lowest BCUT2D eigenvalue weighted by atomic mass is 9.61. The first-order valence-electron chi connectivity index (χ1n) is 5.72. The number of nitrogens with two attached hydrogens (primary N) is 1. The van der Waals surface area contributed by atoms with Crippen molar-refractivity contribution in [1.29, 1.82) is 0 Å². The molecule has 0 unspecified atom stereocenters. The SMILES string of the molecule is CC1(C)CC(C2(CC(N)=NO)OCCO2)C1. The molecule has 2 rings (SSSR count). The van der Waals surface area contributed by atoms with Crippen molar-refractivity contribution in [3.05, 3.63) is 0 Å². The summed E-state index contributed by atoms with van der Waals surface area (Å²) in [7, 11) is 0. The second kappa shape index (κ2) is 3.89. The van der Waals surface area contributed by atoms with Crippen molar-refractivity contribution in [2.24, 2.45) is 22.2 Å². The molecule has 0 aromatic carbocycles. The van der Waals surface area contributed by atoms with Crippen LogP contribution in [0.2, 0.25) is 0 Å². The zero-order valence-corrected chi connectivity index (χ0v) is 9.90. The minimum absolute atomic E-state index is 0.173. The normalized spacial score (nSPS) is 29.0. The van der Waals surface area contributed by atoms with Crippen LogP contribution in [0.5, 0.6) is 0 Å². The maximum Gasteiger partial charge on any atom is 0.178 e. The van der Waals surface area contributed by atoms with Crippen LogP contribution in [-0.2, 0) is 9.47 Å². The minimum Gasteiger partial charge on any atom is -0.409 e. The number of hydrogen-bond acceptors (Lipinski definition) is 4. The topological polar surface area (TPSA) is 77.1 Å². The molecule has 1 aliphatic carbocycles. The highest BCUT2D eigenvalue weighted by Gasteiger charge is 2.53. The Bertz CT molecular complexity index is 288. The average Bonchev–Trinajstić information content (AvgIpc) is 2.63. The minimum atomic E-state index is -0.647. The average molecular weight is 228 g/mol. The van der Waals surface area contributed by atoms with Gasteiger partial charge in [0.25, 0.3) is 0 Å². The van der Waals surface area contributed by atoms with Crippen LogP contribution < -0.4 is 5.73 Å². The molecule has 92 valence electrons. The number of hydrogen-bond donors (Lipinski definition) is 2. The summed E-state index contributed by atoms with van der Waals surface area (Å²) in [5.74, 6) is -0.122. The highest BCUT2D eigenvalue weighted by molar-refractivity contribution is 5.80. The molecular formula is C11H20N2O3. The van der Waals surface area contributed by atoms with Crippen molar-refractivity contribution in [2.45, 2.75) is 38.9 Å². The van der Waals surface area contributed by atoms with Crippen LogP contribution in [0.4, 0.5) is 0 Å². The molecule has 0 atom stereocenters. The maximum atomic E-state index is 8.64. The molecule has 0 radical (unpaired) electrons. The molecule has 3 N–H and O–H groups in total. The first kappa shape index (κ1) is 11.7. The predicted molar refractivity (Wildman–Crippen MR) is 59.2 cm³/mol. The lowest BCUT2D eigenvalue weighted by molar-refractivity contribution is -0.226. The van der Waals surface area contributed by atoms with Gasteiger partial charge in [-0.3, -0.25) is 0 Å². The number of amidine groups is 1. The molecule has 0 amide bonds. The zero-order valence-electron chi connectivity index (χ0n) is 9.90. The molecule has 0 bridgehead atoms. The first-order chi connectivity index (χ1) is 7.47. The van der Waals surface area contributed by atoms with Gasteiger partial charge in [0.2, 0.25) is 0 Å². The van der Waals surface area contributed by atoms with Crippen LogP contribution in [0.25, 0.3) is 0 Å². The van der Waals surface area contributed by atoms with Crippen LogP contribution >= 0.6 is 0 Å². The molecule has 1 heterocycles. The van der Waals surface area contributed by atoms with Gasteiger partial charge in [0.1, 0.15) is 5.84 Å². The Kier molecular flexibility index (Phi) is 2.84. The van der Waals surface area contributed by atoms with E-state index in [2.05, 4.69) is 19.0 Å². The van der Waals surface area contributed by atoms with Gasteiger partial charge in [-0.1, -0.05) is 19.0 Å². The van der Waals surface area contributed by atoms with E-state index in [1.165, 1.54) is 0 Å². The quantitative estimate of drug-likeness (QED) is 0.330. The van der Waals surface area contributed by atoms with Gasteiger partial charge in [-0.15, -0.1) is 0 Å². The van der Waals surface area contributed by atoms with E-state index >= 15 is 0 Å². The monoisotopic (exact) mass is 228 g/mol. The van der Waals surface area contributed by atoms with Crippen LogP contribution in [0.1, 0.15) is 33.1 Å². The fraction of sp³-hybridized carbons (Fsp3) is 0.909. The van der Waals surface area contributed by atoms with Crippen molar-refractivity contribution in [3.63, 3.8) is 0 Å². The molecule has 2 aliphatic rings. The molecule has 0 aromatic heterocycles. The summed E-state index contributed by atoms with van der Waals surface area (Å²) in [4.78, 5) is 0. The number of ether oxygens (including phenoxy) is 2. The summed E-state index contributed by atoms with van der Waals surface area (Å²) in [6.45, 7) is 5.65. The van der Waals surface area contributed by atoms with Gasteiger partial charge in [0, 0.05) is 5.92 Å². The van der Waals surface area contributed by atoms with E-state index in [9.17, 15) is 0 Å². The molecule has 2 fully saturated rings. The van der Waals surface area contributed by atoms with E-state index in [4.69, 9.17) is 20.4 Å². The Morgan fingerprint density at radius 3 is 2.38 bits per heavy atom.